The lowest BCUT2D eigenvalue weighted by atomic mass is 9.90. The van der Waals surface area contributed by atoms with Gasteiger partial charge in [-0.2, -0.15) is 0 Å². The number of amides is 1. The SMILES string of the molecule is CCOC(=O)C#CC(OC(C)=O)c1cccc(OCCc2nc(-c3ccccc3)oc2C)c1.Cc1oc(-c2ccccc2)nc1CCOc1cccc(C[C@@H]2CN(C(=O)Oc3ccccc3)C[C@@H]2C(=O)O)c1. The number of ether oxygens (including phenoxy) is 5. The molecule has 1 aliphatic rings. The van der Waals surface area contributed by atoms with Gasteiger partial charge < -0.3 is 42.5 Å². The lowest BCUT2D eigenvalue weighted by Gasteiger charge is -2.16. The number of oxazole rings is 2. The van der Waals surface area contributed by atoms with E-state index in [9.17, 15) is 24.3 Å². The van der Waals surface area contributed by atoms with Crippen LogP contribution in [0.2, 0.25) is 0 Å². The van der Waals surface area contributed by atoms with Crippen molar-refractivity contribution in [3.05, 3.63) is 174 Å². The van der Waals surface area contributed by atoms with E-state index in [1.165, 1.54) is 11.8 Å². The zero-order chi connectivity index (χ0) is 50.8. The molecule has 1 unspecified atom stereocenters. The topological polar surface area (TPSA) is 190 Å². The van der Waals surface area contributed by atoms with Crippen LogP contribution in [0.5, 0.6) is 17.2 Å². The normalized spacial score (nSPS) is 14.1. The molecule has 3 atom stereocenters. The molecular weight excluding hydrogens is 919 g/mol. The maximum absolute atomic E-state index is 12.7. The number of hydrogen-bond acceptors (Lipinski definition) is 13. The first kappa shape index (κ1) is 51.2. The summed E-state index contributed by atoms with van der Waals surface area (Å²) in [4.78, 5) is 58.4. The smallest absolute Gasteiger partial charge is 0.415 e. The average Bonchev–Trinajstić information content (AvgIpc) is 4.10. The number of aromatic nitrogens is 2. The molecule has 72 heavy (non-hydrogen) atoms. The Hall–Kier alpha value is -8.64. The molecule has 0 aliphatic carbocycles. The molecule has 1 amide bonds. The highest BCUT2D eigenvalue weighted by molar-refractivity contribution is 5.88. The van der Waals surface area contributed by atoms with Gasteiger partial charge >= 0.3 is 24.0 Å². The lowest BCUT2D eigenvalue weighted by molar-refractivity contribution is -0.144. The minimum absolute atomic E-state index is 0.115. The number of para-hydroxylation sites is 1. The summed E-state index contributed by atoms with van der Waals surface area (Å²) in [6, 6.07) is 42.9. The van der Waals surface area contributed by atoms with E-state index in [4.69, 9.17) is 32.5 Å². The molecule has 8 rings (SSSR count). The molecule has 0 bridgehead atoms. The molecule has 1 N–H and O–H groups in total. The van der Waals surface area contributed by atoms with E-state index < -0.39 is 36.0 Å². The summed E-state index contributed by atoms with van der Waals surface area (Å²) in [5.41, 5.74) is 5.06. The Morgan fingerprint density at radius 2 is 1.25 bits per heavy atom. The van der Waals surface area contributed by atoms with Crippen molar-refractivity contribution in [3.8, 4) is 52.0 Å². The number of carboxylic acids is 1. The van der Waals surface area contributed by atoms with Crippen molar-refractivity contribution in [2.45, 2.75) is 53.1 Å². The molecule has 370 valence electrons. The summed E-state index contributed by atoms with van der Waals surface area (Å²) in [5, 5.41) is 9.81. The van der Waals surface area contributed by atoms with E-state index in [1.807, 2.05) is 105 Å². The number of carbonyl (C=O) groups excluding carboxylic acids is 3. The van der Waals surface area contributed by atoms with Gasteiger partial charge in [0.05, 0.1) is 37.1 Å². The number of carbonyl (C=O) groups is 4. The van der Waals surface area contributed by atoms with Gasteiger partial charge in [0, 0.05) is 55.5 Å². The average molecular weight is 974 g/mol. The van der Waals surface area contributed by atoms with Gasteiger partial charge in [-0.25, -0.2) is 19.6 Å². The fourth-order valence-electron chi connectivity index (χ4n) is 7.89. The van der Waals surface area contributed by atoms with Crippen molar-refractivity contribution in [2.24, 2.45) is 11.8 Å². The first-order valence-corrected chi connectivity index (χ1v) is 23.5. The Labute approximate surface area is 417 Å². The Kier molecular flexibility index (Phi) is 18.0. The highest BCUT2D eigenvalue weighted by Crippen LogP contribution is 2.30. The van der Waals surface area contributed by atoms with Crippen LogP contribution in [0.4, 0.5) is 4.79 Å². The second kappa shape index (κ2) is 25.3. The molecule has 0 spiro atoms. The molecular formula is C57H55N3O12. The Morgan fingerprint density at radius 3 is 1.81 bits per heavy atom. The number of hydrogen-bond donors (Lipinski definition) is 1. The van der Waals surface area contributed by atoms with Crippen molar-refractivity contribution in [3.63, 3.8) is 0 Å². The van der Waals surface area contributed by atoms with Gasteiger partial charge in [-0.05, 0) is 105 Å². The minimum Gasteiger partial charge on any atom is -0.493 e. The fraction of sp³-hybridized carbons (Fsp3) is 0.263. The fourth-order valence-corrected chi connectivity index (χ4v) is 7.89. The molecule has 15 nitrogen and oxygen atoms in total. The summed E-state index contributed by atoms with van der Waals surface area (Å²) in [6.45, 7) is 8.18. The van der Waals surface area contributed by atoms with E-state index in [1.54, 1.807) is 55.5 Å². The summed E-state index contributed by atoms with van der Waals surface area (Å²) in [6.07, 6.45) is 0.204. The third kappa shape index (κ3) is 14.7. The molecule has 2 aromatic heterocycles. The molecule has 3 heterocycles. The number of rotatable bonds is 17. The standard InChI is InChI=1S/C31H30N2O6.C26H25NO6/c1-21-28(32-29(38-21)23-10-4-2-5-11-23)15-16-37-26-14-8-9-22(18-26)17-24-19-33(20-27(24)30(34)35)31(36)39-25-12-6-3-7-13-25;1-4-30-25(29)14-13-24(33-19(3)28)21-11-8-12-22(17-21)31-16-15-23-18(2)32-26(27-23)20-9-6-5-7-10-20/h2-14,18,24,27H,15-17,19-20H2,1H3,(H,34,35);5-12,17,24H,4,15-16H2,1-3H3/t24-,27+;/m1./s1. The monoisotopic (exact) mass is 973 g/mol. The number of aliphatic carboxylic acids is 1. The quantitative estimate of drug-likeness (QED) is 0.0515. The van der Waals surface area contributed by atoms with Crippen LogP contribution in [0.25, 0.3) is 22.9 Å². The van der Waals surface area contributed by atoms with Crippen LogP contribution >= 0.6 is 0 Å². The first-order valence-electron chi connectivity index (χ1n) is 23.5. The number of esters is 2. The molecule has 0 saturated carbocycles. The van der Waals surface area contributed by atoms with Crippen LogP contribution in [0, 0.1) is 37.5 Å². The molecule has 7 aromatic rings. The molecule has 15 heteroatoms. The van der Waals surface area contributed by atoms with Crippen molar-refractivity contribution >= 4 is 24.0 Å². The summed E-state index contributed by atoms with van der Waals surface area (Å²) < 4.78 is 39.0. The third-order valence-corrected chi connectivity index (χ3v) is 11.4. The zero-order valence-electron chi connectivity index (χ0n) is 40.4. The Balaban J connectivity index is 0.000000215. The largest absolute Gasteiger partial charge is 0.493 e. The number of benzene rings is 5. The van der Waals surface area contributed by atoms with E-state index in [0.29, 0.717) is 73.6 Å². The highest BCUT2D eigenvalue weighted by atomic mass is 16.6. The van der Waals surface area contributed by atoms with Crippen LogP contribution in [-0.4, -0.2) is 76.9 Å². The lowest BCUT2D eigenvalue weighted by Crippen LogP contribution is -2.32. The molecule has 1 aliphatic heterocycles. The highest BCUT2D eigenvalue weighted by Gasteiger charge is 2.40. The van der Waals surface area contributed by atoms with Crippen LogP contribution in [0.1, 0.15) is 54.0 Å². The van der Waals surface area contributed by atoms with Gasteiger partial charge in [-0.3, -0.25) is 9.59 Å². The molecule has 1 fully saturated rings. The minimum atomic E-state index is -0.916. The van der Waals surface area contributed by atoms with E-state index in [2.05, 4.69) is 21.8 Å². The second-order valence-electron chi connectivity index (χ2n) is 16.7. The molecule has 1 saturated heterocycles. The first-order chi connectivity index (χ1) is 34.9. The number of aryl methyl sites for hydroxylation is 2. The Bertz CT molecular complexity index is 2980. The summed E-state index contributed by atoms with van der Waals surface area (Å²) in [5.74, 6) is 6.35. The van der Waals surface area contributed by atoms with E-state index >= 15 is 0 Å². The van der Waals surface area contributed by atoms with Crippen LogP contribution in [-0.2, 0) is 43.1 Å². The van der Waals surface area contributed by atoms with Gasteiger partial charge in [0.15, 0.2) is 6.10 Å². The molecule has 5 aromatic carbocycles. The predicted molar refractivity (Wildman–Crippen MR) is 266 cm³/mol. The van der Waals surface area contributed by atoms with E-state index in [0.717, 1.165) is 39.6 Å². The van der Waals surface area contributed by atoms with Crippen LogP contribution < -0.4 is 14.2 Å². The maximum Gasteiger partial charge on any atom is 0.415 e. The van der Waals surface area contributed by atoms with Crippen LogP contribution in [0.3, 0.4) is 0 Å². The van der Waals surface area contributed by atoms with Gasteiger partial charge in [0.1, 0.15) is 28.8 Å². The van der Waals surface area contributed by atoms with Gasteiger partial charge in [0.25, 0.3) is 0 Å². The second-order valence-corrected chi connectivity index (χ2v) is 16.7. The van der Waals surface area contributed by atoms with Crippen molar-refractivity contribution < 1.29 is 56.8 Å². The number of likely N-dealkylation sites (tertiary alicyclic amines) is 1. The molecule has 0 radical (unpaired) electrons. The summed E-state index contributed by atoms with van der Waals surface area (Å²) in [7, 11) is 0. The van der Waals surface area contributed by atoms with Crippen LogP contribution in [0.15, 0.2) is 148 Å². The summed E-state index contributed by atoms with van der Waals surface area (Å²) >= 11 is 0. The van der Waals surface area contributed by atoms with E-state index in [-0.39, 0.29) is 19.1 Å². The van der Waals surface area contributed by atoms with Crippen molar-refractivity contribution in [1.82, 2.24) is 14.9 Å². The Morgan fingerprint density at radius 1 is 0.708 bits per heavy atom. The van der Waals surface area contributed by atoms with Gasteiger partial charge in [-0.1, -0.05) is 78.9 Å². The number of carboxylic acid groups (broad SMARTS) is 1. The third-order valence-electron chi connectivity index (χ3n) is 11.4. The van der Waals surface area contributed by atoms with Gasteiger partial charge in [0.2, 0.25) is 11.8 Å². The maximum atomic E-state index is 12.7. The predicted octanol–water partition coefficient (Wildman–Crippen LogP) is 10.1. The van der Waals surface area contributed by atoms with Crippen molar-refractivity contribution in [2.75, 3.05) is 32.9 Å². The number of nitrogens with zero attached hydrogens (tertiary/aromatic N) is 3. The zero-order valence-corrected chi connectivity index (χ0v) is 40.4. The van der Waals surface area contributed by atoms with Gasteiger partial charge in [-0.15, -0.1) is 0 Å². The van der Waals surface area contributed by atoms with Crippen molar-refractivity contribution in [1.29, 1.82) is 0 Å².